The Labute approximate surface area is 169 Å². The Balaban J connectivity index is 1.40. The number of aryl methyl sites for hydroxylation is 1. The Morgan fingerprint density at radius 3 is 2.34 bits per heavy atom. The average molecular weight is 383 g/mol. The summed E-state index contributed by atoms with van der Waals surface area (Å²) in [5, 5.41) is 14.4. The van der Waals surface area contributed by atoms with Gasteiger partial charge in [-0.15, -0.1) is 0 Å². The largest absolute Gasteiger partial charge is 0.508 e. The number of hydrogen-bond donors (Lipinski definition) is 2. The number of hydrogen-bond acceptors (Lipinski definition) is 3. The van der Waals surface area contributed by atoms with E-state index in [1.165, 1.54) is 0 Å². The highest BCUT2D eigenvalue weighted by Gasteiger charge is 2.07. The SMILES string of the molecule is Cc1ccccc1NC(=O)Cc1ccc(Oc2ccc3cc(O)ccc3c2)cc1. The number of nitrogens with one attached hydrogen (secondary N) is 1. The minimum absolute atomic E-state index is 0.0502. The molecular weight excluding hydrogens is 362 g/mol. The zero-order valence-electron chi connectivity index (χ0n) is 16.1. The molecular formula is C25H21NO3. The number of aromatic hydroxyl groups is 1. The summed E-state index contributed by atoms with van der Waals surface area (Å²) in [5.41, 5.74) is 2.79. The minimum Gasteiger partial charge on any atom is -0.508 e. The van der Waals surface area contributed by atoms with E-state index in [1.807, 2.05) is 79.7 Å². The van der Waals surface area contributed by atoms with Crippen molar-refractivity contribution in [3.63, 3.8) is 0 Å². The van der Waals surface area contributed by atoms with Gasteiger partial charge in [-0.3, -0.25) is 4.79 Å². The minimum atomic E-state index is -0.0502. The van der Waals surface area contributed by atoms with Crippen molar-refractivity contribution in [2.24, 2.45) is 0 Å². The van der Waals surface area contributed by atoms with Crippen molar-refractivity contribution in [2.75, 3.05) is 5.32 Å². The molecule has 4 heteroatoms. The van der Waals surface area contributed by atoms with Crippen LogP contribution in [0.2, 0.25) is 0 Å². The highest BCUT2D eigenvalue weighted by molar-refractivity contribution is 5.93. The molecule has 29 heavy (non-hydrogen) atoms. The summed E-state index contributed by atoms with van der Waals surface area (Å²) in [6.45, 7) is 1.97. The topological polar surface area (TPSA) is 58.6 Å². The summed E-state index contributed by atoms with van der Waals surface area (Å²) in [4.78, 5) is 12.3. The van der Waals surface area contributed by atoms with E-state index in [9.17, 15) is 9.90 Å². The second-order valence-corrected chi connectivity index (χ2v) is 6.98. The van der Waals surface area contributed by atoms with E-state index >= 15 is 0 Å². The van der Waals surface area contributed by atoms with Crippen LogP contribution in [0.15, 0.2) is 84.9 Å². The van der Waals surface area contributed by atoms with Crippen LogP contribution >= 0.6 is 0 Å². The van der Waals surface area contributed by atoms with E-state index in [1.54, 1.807) is 12.1 Å². The third-order valence-corrected chi connectivity index (χ3v) is 4.74. The normalized spacial score (nSPS) is 10.7. The monoisotopic (exact) mass is 383 g/mol. The summed E-state index contributed by atoms with van der Waals surface area (Å²) in [5.74, 6) is 1.61. The number of carbonyl (C=O) groups is 1. The lowest BCUT2D eigenvalue weighted by Gasteiger charge is -2.10. The highest BCUT2D eigenvalue weighted by atomic mass is 16.5. The number of amides is 1. The van der Waals surface area contributed by atoms with Crippen molar-refractivity contribution in [3.8, 4) is 17.2 Å². The molecule has 0 saturated carbocycles. The summed E-state index contributed by atoms with van der Waals surface area (Å²) in [7, 11) is 0. The van der Waals surface area contributed by atoms with Crippen LogP contribution in [0.1, 0.15) is 11.1 Å². The molecule has 0 aromatic heterocycles. The van der Waals surface area contributed by atoms with Gasteiger partial charge in [0.1, 0.15) is 17.2 Å². The van der Waals surface area contributed by atoms with Crippen molar-refractivity contribution in [1.29, 1.82) is 0 Å². The lowest BCUT2D eigenvalue weighted by Crippen LogP contribution is -2.15. The molecule has 0 aliphatic heterocycles. The molecule has 0 bridgehead atoms. The number of anilines is 1. The number of ether oxygens (including phenoxy) is 1. The Hall–Kier alpha value is -3.79. The number of rotatable bonds is 5. The van der Waals surface area contributed by atoms with E-state index in [0.29, 0.717) is 17.9 Å². The molecule has 0 aliphatic carbocycles. The third-order valence-electron chi connectivity index (χ3n) is 4.74. The molecule has 0 aliphatic rings. The van der Waals surface area contributed by atoms with Crippen LogP contribution in [-0.2, 0) is 11.2 Å². The molecule has 4 aromatic carbocycles. The molecule has 4 nitrogen and oxygen atoms in total. The van der Waals surface area contributed by atoms with Gasteiger partial charge < -0.3 is 15.2 Å². The fourth-order valence-corrected chi connectivity index (χ4v) is 3.18. The molecule has 1 amide bonds. The first-order chi connectivity index (χ1) is 14.1. The van der Waals surface area contributed by atoms with Crippen LogP contribution in [0.5, 0.6) is 17.2 Å². The predicted molar refractivity (Wildman–Crippen MR) is 116 cm³/mol. The Bertz CT molecular complexity index is 1170. The lowest BCUT2D eigenvalue weighted by atomic mass is 10.1. The van der Waals surface area contributed by atoms with E-state index < -0.39 is 0 Å². The number of para-hydroxylation sites is 1. The van der Waals surface area contributed by atoms with Crippen molar-refractivity contribution >= 4 is 22.4 Å². The summed E-state index contributed by atoms with van der Waals surface area (Å²) in [6.07, 6.45) is 0.300. The second kappa shape index (κ2) is 8.07. The second-order valence-electron chi connectivity index (χ2n) is 6.98. The van der Waals surface area contributed by atoms with Crippen LogP contribution in [-0.4, -0.2) is 11.0 Å². The van der Waals surface area contributed by atoms with Gasteiger partial charge in [0, 0.05) is 5.69 Å². The summed E-state index contributed by atoms with van der Waals surface area (Å²) >= 11 is 0. The first-order valence-corrected chi connectivity index (χ1v) is 9.42. The van der Waals surface area contributed by atoms with Crippen LogP contribution in [0.3, 0.4) is 0 Å². The van der Waals surface area contributed by atoms with Crippen LogP contribution in [0, 0.1) is 6.92 Å². The van der Waals surface area contributed by atoms with Gasteiger partial charge in [0.15, 0.2) is 0 Å². The maximum absolute atomic E-state index is 12.3. The first-order valence-electron chi connectivity index (χ1n) is 9.42. The zero-order chi connectivity index (χ0) is 20.2. The molecule has 0 fully saturated rings. The predicted octanol–water partition coefficient (Wildman–Crippen LogP) is 5.83. The lowest BCUT2D eigenvalue weighted by molar-refractivity contribution is -0.115. The molecule has 144 valence electrons. The standard InChI is InChI=1S/C25H21NO3/c1-17-4-2-3-5-24(17)26-25(28)14-18-6-11-22(12-7-18)29-23-13-9-19-15-21(27)10-8-20(19)16-23/h2-13,15-16,27H,14H2,1H3,(H,26,28). The van der Waals surface area contributed by atoms with E-state index in [4.69, 9.17) is 4.74 Å². The molecule has 0 saturated heterocycles. The highest BCUT2D eigenvalue weighted by Crippen LogP contribution is 2.28. The first kappa shape index (κ1) is 18.6. The van der Waals surface area contributed by atoms with Gasteiger partial charge in [-0.05, 0) is 71.3 Å². The number of benzene rings is 4. The molecule has 4 aromatic rings. The summed E-state index contributed by atoms with van der Waals surface area (Å²) in [6, 6.07) is 26.2. The number of phenolic OH excluding ortho intramolecular Hbond substituents is 1. The molecule has 4 rings (SSSR count). The molecule has 0 spiro atoms. The zero-order valence-corrected chi connectivity index (χ0v) is 16.1. The molecule has 2 N–H and O–H groups in total. The Morgan fingerprint density at radius 2 is 1.55 bits per heavy atom. The summed E-state index contributed by atoms with van der Waals surface area (Å²) < 4.78 is 5.93. The maximum Gasteiger partial charge on any atom is 0.228 e. The van der Waals surface area contributed by atoms with Crippen LogP contribution in [0.25, 0.3) is 10.8 Å². The van der Waals surface area contributed by atoms with Gasteiger partial charge in [0.25, 0.3) is 0 Å². The smallest absolute Gasteiger partial charge is 0.228 e. The number of carbonyl (C=O) groups excluding carboxylic acids is 1. The van der Waals surface area contributed by atoms with Gasteiger partial charge in [0.05, 0.1) is 6.42 Å². The van der Waals surface area contributed by atoms with Gasteiger partial charge >= 0.3 is 0 Å². The fourth-order valence-electron chi connectivity index (χ4n) is 3.18. The number of phenols is 1. The van der Waals surface area contributed by atoms with Gasteiger partial charge in [-0.1, -0.05) is 42.5 Å². The average Bonchev–Trinajstić information content (AvgIpc) is 2.71. The third kappa shape index (κ3) is 4.55. The van der Waals surface area contributed by atoms with Crippen LogP contribution < -0.4 is 10.1 Å². The maximum atomic E-state index is 12.3. The van der Waals surface area contributed by atoms with Crippen molar-refractivity contribution in [2.45, 2.75) is 13.3 Å². The Morgan fingerprint density at radius 1 is 0.862 bits per heavy atom. The fraction of sp³-hybridized carbons (Fsp3) is 0.0800. The van der Waals surface area contributed by atoms with E-state index in [2.05, 4.69) is 5.32 Å². The molecule has 0 heterocycles. The quantitative estimate of drug-likeness (QED) is 0.456. The molecule has 0 atom stereocenters. The van der Waals surface area contributed by atoms with Gasteiger partial charge in [-0.2, -0.15) is 0 Å². The molecule has 0 unspecified atom stereocenters. The van der Waals surface area contributed by atoms with Crippen molar-refractivity contribution in [1.82, 2.24) is 0 Å². The number of fused-ring (bicyclic) bond motifs is 1. The Kier molecular flexibility index (Phi) is 5.16. The van der Waals surface area contributed by atoms with Gasteiger partial charge in [0.2, 0.25) is 5.91 Å². The van der Waals surface area contributed by atoms with Gasteiger partial charge in [-0.25, -0.2) is 0 Å². The van der Waals surface area contributed by atoms with E-state index in [-0.39, 0.29) is 11.7 Å². The van der Waals surface area contributed by atoms with Crippen molar-refractivity contribution in [3.05, 3.63) is 96.1 Å². The van der Waals surface area contributed by atoms with E-state index in [0.717, 1.165) is 27.6 Å². The van der Waals surface area contributed by atoms with Crippen LogP contribution in [0.4, 0.5) is 5.69 Å². The molecule has 0 radical (unpaired) electrons. The van der Waals surface area contributed by atoms with Crippen molar-refractivity contribution < 1.29 is 14.6 Å².